The van der Waals surface area contributed by atoms with Crippen molar-refractivity contribution in [1.82, 2.24) is 0 Å². The summed E-state index contributed by atoms with van der Waals surface area (Å²) in [6.07, 6.45) is 4.37. The first-order valence-electron chi connectivity index (χ1n) is 5.67. The lowest BCUT2D eigenvalue weighted by molar-refractivity contribution is 0.942. The largest absolute Gasteiger partial charge is 0.118 e. The Kier molecular flexibility index (Phi) is 2.45. The summed E-state index contributed by atoms with van der Waals surface area (Å²) in [5.74, 6) is 0. The zero-order chi connectivity index (χ0) is 11.0. The van der Waals surface area contributed by atoms with Crippen molar-refractivity contribution < 1.29 is 0 Å². The zero-order valence-corrected chi connectivity index (χ0v) is 9.74. The highest BCUT2D eigenvalue weighted by atomic mass is 35.5. The second kappa shape index (κ2) is 3.95. The van der Waals surface area contributed by atoms with Crippen LogP contribution in [0.4, 0.5) is 0 Å². The number of rotatable bonds is 1. The molecule has 2 aromatic carbocycles. The Morgan fingerprint density at radius 2 is 1.81 bits per heavy atom. The van der Waals surface area contributed by atoms with Crippen LogP contribution in [0.15, 0.2) is 48.5 Å². The molecule has 1 atom stereocenters. The van der Waals surface area contributed by atoms with Gasteiger partial charge in [-0.3, -0.25) is 0 Å². The average molecular weight is 229 g/mol. The minimum absolute atomic E-state index is 0.217. The fourth-order valence-electron chi connectivity index (χ4n) is 2.41. The Hall–Kier alpha value is -1.27. The summed E-state index contributed by atoms with van der Waals surface area (Å²) in [4.78, 5) is 0. The molecule has 0 saturated carbocycles. The number of fused-ring (bicyclic) bond motifs is 1. The van der Waals surface area contributed by atoms with Gasteiger partial charge in [0.15, 0.2) is 0 Å². The lowest BCUT2D eigenvalue weighted by Crippen LogP contribution is -1.83. The number of halogens is 1. The average Bonchev–Trinajstić information content (AvgIpc) is 2.75. The Labute approximate surface area is 101 Å². The predicted octanol–water partition coefficient (Wildman–Crippen LogP) is 4.62. The van der Waals surface area contributed by atoms with Crippen LogP contribution in [0, 0.1) is 0 Å². The minimum atomic E-state index is 0.217. The van der Waals surface area contributed by atoms with Gasteiger partial charge in [-0.2, -0.15) is 0 Å². The third-order valence-corrected chi connectivity index (χ3v) is 3.55. The molecule has 80 valence electrons. The number of benzene rings is 2. The van der Waals surface area contributed by atoms with Gasteiger partial charge in [-0.1, -0.05) is 48.5 Å². The Morgan fingerprint density at radius 3 is 2.62 bits per heavy atom. The predicted molar refractivity (Wildman–Crippen MR) is 70.8 cm³/mol. The van der Waals surface area contributed by atoms with E-state index in [-0.39, 0.29) is 5.38 Å². The van der Waals surface area contributed by atoms with Crippen molar-refractivity contribution in [3.8, 4) is 0 Å². The van der Waals surface area contributed by atoms with E-state index in [2.05, 4.69) is 48.5 Å². The maximum atomic E-state index is 6.13. The van der Waals surface area contributed by atoms with Gasteiger partial charge >= 0.3 is 0 Å². The Morgan fingerprint density at radius 1 is 1.00 bits per heavy atom. The van der Waals surface area contributed by atoms with E-state index in [0.717, 1.165) is 12.8 Å². The molecule has 0 radical (unpaired) electrons. The fraction of sp³-hybridized carbons (Fsp3) is 0.200. The van der Waals surface area contributed by atoms with Crippen molar-refractivity contribution in [2.75, 3.05) is 0 Å². The van der Waals surface area contributed by atoms with E-state index in [4.69, 9.17) is 11.6 Å². The smallest absolute Gasteiger partial charge is 0.0525 e. The molecule has 0 bridgehead atoms. The van der Waals surface area contributed by atoms with E-state index in [1.807, 2.05) is 0 Å². The zero-order valence-electron chi connectivity index (χ0n) is 8.99. The van der Waals surface area contributed by atoms with Crippen LogP contribution < -0.4 is 0 Å². The van der Waals surface area contributed by atoms with Gasteiger partial charge in [0.1, 0.15) is 0 Å². The standard InChI is InChI=1S/C15H13Cl/c16-13-9-8-12(10-13)15-7-3-5-11-4-1-2-6-14(11)15/h1-7,10,13H,8-9H2. The topological polar surface area (TPSA) is 0 Å². The van der Waals surface area contributed by atoms with E-state index < -0.39 is 0 Å². The molecule has 3 rings (SSSR count). The molecule has 0 amide bonds. The van der Waals surface area contributed by atoms with Gasteiger partial charge in [-0.15, -0.1) is 11.6 Å². The van der Waals surface area contributed by atoms with E-state index in [1.54, 1.807) is 0 Å². The van der Waals surface area contributed by atoms with E-state index in [9.17, 15) is 0 Å². The van der Waals surface area contributed by atoms with E-state index in [0.29, 0.717) is 0 Å². The molecule has 1 aliphatic rings. The third kappa shape index (κ3) is 1.64. The number of alkyl halides is 1. The van der Waals surface area contributed by atoms with E-state index in [1.165, 1.54) is 21.9 Å². The first-order chi connectivity index (χ1) is 7.84. The van der Waals surface area contributed by atoms with Crippen molar-refractivity contribution in [1.29, 1.82) is 0 Å². The van der Waals surface area contributed by atoms with E-state index >= 15 is 0 Å². The first-order valence-corrected chi connectivity index (χ1v) is 6.11. The van der Waals surface area contributed by atoms with Crippen molar-refractivity contribution in [2.45, 2.75) is 18.2 Å². The van der Waals surface area contributed by atoms with Crippen LogP contribution in [-0.4, -0.2) is 5.38 Å². The van der Waals surface area contributed by atoms with Gasteiger partial charge in [0.05, 0.1) is 5.38 Å². The fourth-order valence-corrected chi connectivity index (χ4v) is 2.67. The Bertz CT molecular complexity index is 549. The highest BCUT2D eigenvalue weighted by molar-refractivity contribution is 6.22. The summed E-state index contributed by atoms with van der Waals surface area (Å²) in [6.45, 7) is 0. The molecule has 0 saturated heterocycles. The molecule has 1 aliphatic carbocycles. The van der Waals surface area contributed by atoms with Gasteiger partial charge < -0.3 is 0 Å². The summed E-state index contributed by atoms with van der Waals surface area (Å²) in [6, 6.07) is 15.0. The van der Waals surface area contributed by atoms with Gasteiger partial charge in [0, 0.05) is 0 Å². The molecule has 0 N–H and O–H groups in total. The summed E-state index contributed by atoms with van der Waals surface area (Å²) in [7, 11) is 0. The SMILES string of the molecule is ClC1C=C(c2cccc3ccccc23)CC1. The van der Waals surface area contributed by atoms with Crippen LogP contribution in [0.1, 0.15) is 18.4 Å². The molecular weight excluding hydrogens is 216 g/mol. The molecule has 1 unspecified atom stereocenters. The van der Waals surface area contributed by atoms with Gasteiger partial charge in [0.25, 0.3) is 0 Å². The Balaban J connectivity index is 2.20. The van der Waals surface area contributed by atoms with Crippen LogP contribution >= 0.6 is 11.6 Å². The van der Waals surface area contributed by atoms with Crippen molar-refractivity contribution >= 4 is 27.9 Å². The molecule has 1 heteroatoms. The number of hydrogen-bond acceptors (Lipinski definition) is 0. The third-order valence-electron chi connectivity index (χ3n) is 3.21. The van der Waals surface area contributed by atoms with Crippen LogP contribution in [0.25, 0.3) is 16.3 Å². The van der Waals surface area contributed by atoms with Crippen molar-refractivity contribution in [2.24, 2.45) is 0 Å². The molecule has 0 aliphatic heterocycles. The highest BCUT2D eigenvalue weighted by Crippen LogP contribution is 2.34. The molecule has 16 heavy (non-hydrogen) atoms. The summed E-state index contributed by atoms with van der Waals surface area (Å²) < 4.78 is 0. The summed E-state index contributed by atoms with van der Waals surface area (Å²) >= 11 is 6.13. The summed E-state index contributed by atoms with van der Waals surface area (Å²) in [5.41, 5.74) is 2.75. The van der Waals surface area contributed by atoms with Gasteiger partial charge in [-0.25, -0.2) is 0 Å². The minimum Gasteiger partial charge on any atom is -0.118 e. The molecule has 0 aromatic heterocycles. The number of hydrogen-bond donors (Lipinski definition) is 0. The molecule has 0 heterocycles. The quantitative estimate of drug-likeness (QED) is 0.625. The molecule has 0 nitrogen and oxygen atoms in total. The summed E-state index contributed by atoms with van der Waals surface area (Å²) in [5, 5.41) is 2.86. The molecule has 0 fully saturated rings. The second-order valence-electron chi connectivity index (χ2n) is 4.27. The molecule has 2 aromatic rings. The van der Waals surface area contributed by atoms with Gasteiger partial charge in [-0.05, 0) is 34.8 Å². The van der Waals surface area contributed by atoms with Crippen LogP contribution in [0.5, 0.6) is 0 Å². The molecule has 0 spiro atoms. The lowest BCUT2D eigenvalue weighted by atomic mass is 9.98. The maximum Gasteiger partial charge on any atom is 0.0525 e. The van der Waals surface area contributed by atoms with Gasteiger partial charge in [0.2, 0.25) is 0 Å². The van der Waals surface area contributed by atoms with Crippen LogP contribution in [0.2, 0.25) is 0 Å². The lowest BCUT2D eigenvalue weighted by Gasteiger charge is -2.06. The number of allylic oxidation sites excluding steroid dienone is 2. The van der Waals surface area contributed by atoms with Crippen molar-refractivity contribution in [3.63, 3.8) is 0 Å². The van der Waals surface area contributed by atoms with Crippen LogP contribution in [0.3, 0.4) is 0 Å². The first kappa shape index (κ1) is 9.92. The highest BCUT2D eigenvalue weighted by Gasteiger charge is 2.15. The monoisotopic (exact) mass is 228 g/mol. The maximum absolute atomic E-state index is 6.13. The molecular formula is C15H13Cl. The normalized spacial score (nSPS) is 20.1. The van der Waals surface area contributed by atoms with Crippen molar-refractivity contribution in [3.05, 3.63) is 54.1 Å². The van der Waals surface area contributed by atoms with Crippen LogP contribution in [-0.2, 0) is 0 Å². The second-order valence-corrected chi connectivity index (χ2v) is 4.83.